The van der Waals surface area contributed by atoms with Crippen LogP contribution in [0.1, 0.15) is 129 Å². The molecule has 0 unspecified atom stereocenters. The van der Waals surface area contributed by atoms with Gasteiger partial charge in [0.1, 0.15) is 0 Å². The highest BCUT2D eigenvalue weighted by atomic mass is 31.2. The number of para-hydroxylation sites is 2. The van der Waals surface area contributed by atoms with Crippen LogP contribution in [0, 0.1) is 6.67 Å². The maximum atomic E-state index is 3.89. The van der Waals surface area contributed by atoms with E-state index in [-0.39, 0.29) is 0 Å². The highest BCUT2D eigenvalue weighted by molar-refractivity contribution is 7.61. The molecule has 4 heteroatoms. The molecule has 2 aromatic rings. The molecule has 0 aromatic heterocycles. The van der Waals surface area contributed by atoms with Crippen molar-refractivity contribution in [2.45, 2.75) is 119 Å². The zero-order valence-corrected chi connectivity index (χ0v) is 25.1. The first kappa shape index (κ1) is 28.0. The molecule has 0 aliphatic carbocycles. The van der Waals surface area contributed by atoms with E-state index in [0.29, 0.717) is 35.8 Å². The molecule has 1 aliphatic heterocycles. The molecule has 0 bridgehead atoms. The van der Waals surface area contributed by atoms with Crippen LogP contribution in [0.4, 0.5) is 11.4 Å². The van der Waals surface area contributed by atoms with Crippen LogP contribution in [0.3, 0.4) is 0 Å². The molecule has 192 valence electrons. The summed E-state index contributed by atoms with van der Waals surface area (Å²) in [7, 11) is -0.795. The van der Waals surface area contributed by atoms with Gasteiger partial charge in [-0.3, -0.25) is 9.34 Å². The van der Waals surface area contributed by atoms with Crippen LogP contribution < -0.4 is 9.34 Å². The molecule has 0 spiro atoms. The fourth-order valence-corrected chi connectivity index (χ4v) is 7.68. The zero-order valence-electron chi connectivity index (χ0n) is 24.2. The largest absolute Gasteiger partial charge is 0.289 e. The monoisotopic (exact) mass is 493 g/mol. The van der Waals surface area contributed by atoms with Gasteiger partial charge in [0, 0.05) is 12.1 Å². The second-order valence-corrected chi connectivity index (χ2v) is 13.5. The lowest BCUT2D eigenvalue weighted by Gasteiger charge is -2.58. The smallest absolute Gasteiger partial charge is 0.220 e. The summed E-state index contributed by atoms with van der Waals surface area (Å²) in [6, 6.07) is 14.6. The third-order valence-corrected chi connectivity index (χ3v) is 9.55. The first-order chi connectivity index (χ1) is 16.4. The lowest BCUT2D eigenvalue weighted by Crippen LogP contribution is -2.52. The maximum absolute atomic E-state index is 3.89. The van der Waals surface area contributed by atoms with Crippen molar-refractivity contribution in [3.05, 3.63) is 65.3 Å². The minimum atomic E-state index is -0.795. The fourth-order valence-electron chi connectivity index (χ4n) is 5.23. The molecular formula is C31H48N3P. The fraction of sp³-hybridized carbons (Fsp3) is 0.581. The zero-order chi connectivity index (χ0) is 26.2. The molecule has 0 N–H and O–H groups in total. The topological polar surface area (TPSA) is 9.72 Å². The minimum Gasteiger partial charge on any atom is -0.289 e. The molecule has 3 nitrogen and oxygen atoms in total. The molecule has 0 amide bonds. The number of benzene rings is 2. The van der Waals surface area contributed by atoms with Gasteiger partial charge in [0.2, 0.25) is 6.67 Å². The third-order valence-electron chi connectivity index (χ3n) is 6.92. The first-order valence-electron chi connectivity index (χ1n) is 13.6. The Kier molecular flexibility index (Phi) is 8.98. The van der Waals surface area contributed by atoms with E-state index in [0.717, 1.165) is 0 Å². The van der Waals surface area contributed by atoms with E-state index in [9.17, 15) is 0 Å². The molecule has 1 fully saturated rings. The third kappa shape index (κ3) is 5.42. The first-order valence-corrected chi connectivity index (χ1v) is 14.8. The summed E-state index contributed by atoms with van der Waals surface area (Å²) in [5.41, 5.74) is 8.43. The van der Waals surface area contributed by atoms with E-state index in [1.807, 2.05) is 0 Å². The predicted molar refractivity (Wildman–Crippen MR) is 156 cm³/mol. The molecule has 1 aliphatic rings. The number of hydrogen-bond acceptors (Lipinski definition) is 3. The number of nitrogens with zero attached hydrogens (tertiary/aromatic N) is 3. The lowest BCUT2D eigenvalue weighted by atomic mass is 9.92. The Morgan fingerprint density at radius 2 is 0.829 bits per heavy atom. The van der Waals surface area contributed by atoms with Gasteiger partial charge >= 0.3 is 0 Å². The quantitative estimate of drug-likeness (QED) is 0.322. The van der Waals surface area contributed by atoms with Crippen LogP contribution in [0.15, 0.2) is 36.4 Å². The molecule has 3 rings (SSSR count). The Morgan fingerprint density at radius 3 is 1.06 bits per heavy atom. The molecule has 2 aromatic carbocycles. The van der Waals surface area contributed by atoms with Crippen molar-refractivity contribution in [3.63, 3.8) is 0 Å². The van der Waals surface area contributed by atoms with Crippen molar-refractivity contribution in [3.8, 4) is 0 Å². The highest BCUT2D eigenvalue weighted by Crippen LogP contribution is 2.66. The Labute approximate surface area is 217 Å². The normalized spacial score (nSPS) is 15.2. The lowest BCUT2D eigenvalue weighted by molar-refractivity contribution is 0.318. The van der Waals surface area contributed by atoms with Crippen molar-refractivity contribution in [2.75, 3.05) is 9.34 Å². The van der Waals surface area contributed by atoms with Gasteiger partial charge in [0.15, 0.2) is 8.37 Å². The Morgan fingerprint density at radius 1 is 0.543 bits per heavy atom. The van der Waals surface area contributed by atoms with E-state index in [1.165, 1.54) is 33.6 Å². The Hall–Kier alpha value is -1.57. The molecular weight excluding hydrogens is 445 g/mol. The predicted octanol–water partition coefficient (Wildman–Crippen LogP) is 9.85. The molecule has 2 radical (unpaired) electrons. The summed E-state index contributed by atoms with van der Waals surface area (Å²) in [5, 5.41) is 0. The van der Waals surface area contributed by atoms with Gasteiger partial charge in [-0.25, -0.2) is 4.67 Å². The minimum absolute atomic E-state index is 0.427. The second kappa shape index (κ2) is 11.2. The van der Waals surface area contributed by atoms with Crippen LogP contribution in [0.2, 0.25) is 0 Å². The van der Waals surface area contributed by atoms with Crippen molar-refractivity contribution < 1.29 is 0 Å². The van der Waals surface area contributed by atoms with Crippen molar-refractivity contribution in [2.24, 2.45) is 0 Å². The summed E-state index contributed by atoms with van der Waals surface area (Å²) in [5.74, 6) is 1.82. The Balaban J connectivity index is 2.26. The van der Waals surface area contributed by atoms with Gasteiger partial charge in [-0.2, -0.15) is 0 Å². The van der Waals surface area contributed by atoms with E-state index in [2.05, 4.69) is 140 Å². The average molecular weight is 494 g/mol. The van der Waals surface area contributed by atoms with Gasteiger partial charge in [-0.05, 0) is 73.6 Å². The van der Waals surface area contributed by atoms with Gasteiger partial charge in [0.05, 0.1) is 11.4 Å². The number of rotatable bonds is 9. The average Bonchev–Trinajstić information content (AvgIpc) is 2.75. The summed E-state index contributed by atoms with van der Waals surface area (Å²) < 4.78 is 7.73. The van der Waals surface area contributed by atoms with Crippen molar-refractivity contribution in [1.29, 1.82) is 0 Å². The molecule has 0 saturated carbocycles. The van der Waals surface area contributed by atoms with E-state index < -0.39 is 8.37 Å². The SMILES string of the molecule is CC(C)c1cccc(C(C)C)c1N1[C]N(c2c(C(C)C)cccc2C(C)C)P1N(C(C)C)C(C)C. The molecule has 1 saturated heterocycles. The van der Waals surface area contributed by atoms with E-state index in [1.54, 1.807) is 0 Å². The molecule has 1 heterocycles. The summed E-state index contributed by atoms with van der Waals surface area (Å²) in [4.78, 5) is 0. The van der Waals surface area contributed by atoms with Gasteiger partial charge in [-0.15, -0.1) is 0 Å². The van der Waals surface area contributed by atoms with Gasteiger partial charge in [0.25, 0.3) is 0 Å². The molecule has 0 atom stereocenters. The second-order valence-electron chi connectivity index (χ2n) is 11.7. The summed E-state index contributed by atoms with van der Waals surface area (Å²) >= 11 is 0. The Bertz CT molecular complexity index is 863. The molecule has 35 heavy (non-hydrogen) atoms. The van der Waals surface area contributed by atoms with E-state index in [4.69, 9.17) is 0 Å². The van der Waals surface area contributed by atoms with Crippen LogP contribution in [0.5, 0.6) is 0 Å². The van der Waals surface area contributed by atoms with Crippen LogP contribution >= 0.6 is 8.37 Å². The summed E-state index contributed by atoms with van der Waals surface area (Å²) in [6.45, 7) is 31.8. The van der Waals surface area contributed by atoms with Gasteiger partial charge in [-0.1, -0.05) is 91.8 Å². The van der Waals surface area contributed by atoms with Crippen LogP contribution in [-0.2, 0) is 0 Å². The van der Waals surface area contributed by atoms with Crippen LogP contribution in [-0.4, -0.2) is 16.8 Å². The standard InChI is InChI=1S/C31H48N3P/c1-20(2)26-15-13-16-27(21(3)4)30(26)32-19-33(35(32)34(24(9)10)25(11)12)31-28(22(5)6)17-14-18-29(31)23(7)8/h13-18,20-25H,1-12H3. The van der Waals surface area contributed by atoms with Crippen molar-refractivity contribution >= 4 is 19.7 Å². The van der Waals surface area contributed by atoms with E-state index >= 15 is 0 Å². The highest BCUT2D eigenvalue weighted by Gasteiger charge is 2.48. The maximum Gasteiger partial charge on any atom is 0.220 e. The van der Waals surface area contributed by atoms with Crippen molar-refractivity contribution in [1.82, 2.24) is 4.67 Å². The number of anilines is 2. The van der Waals surface area contributed by atoms with Crippen LogP contribution in [0.25, 0.3) is 0 Å². The summed E-state index contributed by atoms with van der Waals surface area (Å²) in [6.07, 6.45) is 0. The number of hydrogen-bond donors (Lipinski definition) is 0. The van der Waals surface area contributed by atoms with Gasteiger partial charge < -0.3 is 0 Å².